The van der Waals surface area contributed by atoms with Gasteiger partial charge in [-0.05, 0) is 35.7 Å². The molecule has 0 saturated heterocycles. The zero-order valence-corrected chi connectivity index (χ0v) is 10.3. The van der Waals surface area contributed by atoms with Gasteiger partial charge in [-0.15, -0.1) is 0 Å². The minimum atomic E-state index is -1.01. The fourth-order valence-electron chi connectivity index (χ4n) is 1.98. The van der Waals surface area contributed by atoms with Crippen LogP contribution >= 0.6 is 0 Å². The first kappa shape index (κ1) is 12.8. The highest BCUT2D eigenvalue weighted by Gasteiger charge is 2.14. The van der Waals surface area contributed by atoms with Crippen molar-refractivity contribution in [3.05, 3.63) is 59.2 Å². The summed E-state index contributed by atoms with van der Waals surface area (Å²) in [7, 11) is 0. The van der Waals surface area contributed by atoms with E-state index < -0.39 is 11.9 Å². The Morgan fingerprint density at radius 2 is 1.53 bits per heavy atom. The van der Waals surface area contributed by atoms with Gasteiger partial charge in [-0.3, -0.25) is 0 Å². The fraction of sp³-hybridized carbons (Fsp3) is 0.0667. The van der Waals surface area contributed by atoms with Crippen LogP contribution in [-0.4, -0.2) is 22.2 Å². The zero-order valence-electron chi connectivity index (χ0n) is 10.3. The molecule has 0 aliphatic carbocycles. The summed E-state index contributed by atoms with van der Waals surface area (Å²) in [6, 6.07) is 11.4. The highest BCUT2D eigenvalue weighted by Crippen LogP contribution is 2.26. The second-order valence-corrected chi connectivity index (χ2v) is 4.19. The molecule has 0 bridgehead atoms. The van der Waals surface area contributed by atoms with Crippen LogP contribution in [0.15, 0.2) is 42.5 Å². The average molecular weight is 256 g/mol. The Morgan fingerprint density at radius 1 is 0.895 bits per heavy atom. The third kappa shape index (κ3) is 2.47. The molecule has 96 valence electrons. The minimum Gasteiger partial charge on any atom is -0.478 e. The molecule has 0 atom stereocenters. The van der Waals surface area contributed by atoms with Crippen molar-refractivity contribution in [3.63, 3.8) is 0 Å². The Balaban J connectivity index is 2.56. The summed E-state index contributed by atoms with van der Waals surface area (Å²) < 4.78 is 0. The first-order valence-corrected chi connectivity index (χ1v) is 5.67. The van der Waals surface area contributed by atoms with E-state index >= 15 is 0 Å². The van der Waals surface area contributed by atoms with Gasteiger partial charge in [0.25, 0.3) is 0 Å². The molecular weight excluding hydrogens is 244 g/mol. The van der Waals surface area contributed by atoms with Gasteiger partial charge in [0.2, 0.25) is 0 Å². The van der Waals surface area contributed by atoms with Crippen molar-refractivity contribution < 1.29 is 19.8 Å². The van der Waals surface area contributed by atoms with E-state index in [0.717, 1.165) is 0 Å². The van der Waals surface area contributed by atoms with Gasteiger partial charge in [-0.25, -0.2) is 9.59 Å². The van der Waals surface area contributed by atoms with Crippen LogP contribution in [0.5, 0.6) is 0 Å². The van der Waals surface area contributed by atoms with E-state index in [2.05, 4.69) is 0 Å². The lowest BCUT2D eigenvalue weighted by atomic mass is 9.95. The van der Waals surface area contributed by atoms with Crippen LogP contribution in [0.3, 0.4) is 0 Å². The van der Waals surface area contributed by atoms with Crippen molar-refractivity contribution in [2.24, 2.45) is 0 Å². The molecule has 0 aliphatic heterocycles. The summed E-state index contributed by atoms with van der Waals surface area (Å²) in [6.45, 7) is 1.73. The van der Waals surface area contributed by atoms with Crippen molar-refractivity contribution in [3.8, 4) is 11.1 Å². The maximum Gasteiger partial charge on any atom is 0.336 e. The van der Waals surface area contributed by atoms with Crippen LogP contribution in [0.25, 0.3) is 11.1 Å². The second kappa shape index (κ2) is 4.94. The van der Waals surface area contributed by atoms with E-state index in [1.807, 2.05) is 0 Å². The molecule has 2 aromatic rings. The third-order valence-electron chi connectivity index (χ3n) is 2.93. The molecule has 2 rings (SSSR count). The first-order chi connectivity index (χ1) is 9.00. The average Bonchev–Trinajstić information content (AvgIpc) is 2.38. The lowest BCUT2D eigenvalue weighted by Gasteiger charge is -2.09. The van der Waals surface area contributed by atoms with Crippen LogP contribution in [0.4, 0.5) is 0 Å². The predicted molar refractivity (Wildman–Crippen MR) is 70.5 cm³/mol. The molecule has 0 aliphatic rings. The number of benzene rings is 2. The van der Waals surface area contributed by atoms with Crippen molar-refractivity contribution in [1.82, 2.24) is 0 Å². The van der Waals surface area contributed by atoms with Gasteiger partial charge in [0.15, 0.2) is 0 Å². The van der Waals surface area contributed by atoms with Gasteiger partial charge >= 0.3 is 11.9 Å². The number of carboxylic acids is 2. The molecule has 2 aromatic carbocycles. The molecule has 4 nitrogen and oxygen atoms in total. The largest absolute Gasteiger partial charge is 0.478 e. The molecule has 0 fully saturated rings. The molecule has 2 N–H and O–H groups in total. The summed E-state index contributed by atoms with van der Waals surface area (Å²) >= 11 is 0. The lowest BCUT2D eigenvalue weighted by Crippen LogP contribution is -2.03. The predicted octanol–water partition coefficient (Wildman–Crippen LogP) is 3.06. The van der Waals surface area contributed by atoms with Gasteiger partial charge in [0.1, 0.15) is 0 Å². The van der Waals surface area contributed by atoms with Crippen molar-refractivity contribution in [1.29, 1.82) is 0 Å². The number of carbonyl (C=O) groups is 2. The number of hydrogen-bond acceptors (Lipinski definition) is 2. The van der Waals surface area contributed by atoms with Gasteiger partial charge < -0.3 is 10.2 Å². The Kier molecular flexibility index (Phi) is 3.33. The maximum absolute atomic E-state index is 11.3. The van der Waals surface area contributed by atoms with Gasteiger partial charge in [-0.2, -0.15) is 0 Å². The summed E-state index contributed by atoms with van der Waals surface area (Å²) in [5, 5.41) is 18.1. The Bertz CT molecular complexity index is 642. The van der Waals surface area contributed by atoms with Crippen molar-refractivity contribution in [2.75, 3.05) is 0 Å². The molecule has 0 unspecified atom stereocenters. The molecule has 0 heterocycles. The SMILES string of the molecule is Cc1cccc(-c2ccc(C(=O)O)cc2)c1C(=O)O. The molecule has 0 saturated carbocycles. The van der Waals surface area contributed by atoms with E-state index in [4.69, 9.17) is 5.11 Å². The number of hydrogen-bond donors (Lipinski definition) is 2. The van der Waals surface area contributed by atoms with Crippen molar-refractivity contribution in [2.45, 2.75) is 6.92 Å². The van der Waals surface area contributed by atoms with E-state index in [0.29, 0.717) is 16.7 Å². The normalized spacial score (nSPS) is 10.2. The Morgan fingerprint density at radius 3 is 2.05 bits per heavy atom. The Hall–Kier alpha value is -2.62. The first-order valence-electron chi connectivity index (χ1n) is 5.67. The molecular formula is C15H12O4. The molecule has 0 radical (unpaired) electrons. The minimum absolute atomic E-state index is 0.174. The third-order valence-corrected chi connectivity index (χ3v) is 2.93. The summed E-state index contributed by atoms with van der Waals surface area (Å²) in [4.78, 5) is 22.1. The molecule has 0 amide bonds. The maximum atomic E-state index is 11.3. The molecule has 19 heavy (non-hydrogen) atoms. The van der Waals surface area contributed by atoms with E-state index in [9.17, 15) is 14.7 Å². The van der Waals surface area contributed by atoms with Crippen LogP contribution in [0.1, 0.15) is 26.3 Å². The zero-order chi connectivity index (χ0) is 14.0. The fourth-order valence-corrected chi connectivity index (χ4v) is 1.98. The van der Waals surface area contributed by atoms with Crippen LogP contribution in [-0.2, 0) is 0 Å². The number of aromatic carboxylic acids is 2. The smallest absolute Gasteiger partial charge is 0.336 e. The van der Waals surface area contributed by atoms with Gasteiger partial charge in [-0.1, -0.05) is 30.3 Å². The molecule has 0 spiro atoms. The number of rotatable bonds is 3. The summed E-state index contributed by atoms with van der Waals surface area (Å²) in [5.74, 6) is -2.00. The van der Waals surface area contributed by atoms with Crippen LogP contribution in [0.2, 0.25) is 0 Å². The highest BCUT2D eigenvalue weighted by molar-refractivity contribution is 5.98. The van der Waals surface area contributed by atoms with Crippen LogP contribution in [0, 0.1) is 6.92 Å². The van der Waals surface area contributed by atoms with E-state index in [1.165, 1.54) is 12.1 Å². The Labute approximate surface area is 109 Å². The number of aryl methyl sites for hydroxylation is 1. The van der Waals surface area contributed by atoms with Crippen molar-refractivity contribution >= 4 is 11.9 Å². The van der Waals surface area contributed by atoms with E-state index in [1.54, 1.807) is 37.3 Å². The quantitative estimate of drug-likeness (QED) is 0.885. The summed E-state index contributed by atoms with van der Waals surface area (Å²) in [6.07, 6.45) is 0. The van der Waals surface area contributed by atoms with Gasteiger partial charge in [0, 0.05) is 0 Å². The number of carboxylic acid groups (broad SMARTS) is 2. The molecule has 4 heteroatoms. The monoisotopic (exact) mass is 256 g/mol. The standard InChI is InChI=1S/C15H12O4/c1-9-3-2-4-12(13(9)15(18)19)10-5-7-11(8-6-10)14(16)17/h2-8H,1H3,(H,16,17)(H,18,19). The van der Waals surface area contributed by atoms with E-state index in [-0.39, 0.29) is 11.1 Å². The van der Waals surface area contributed by atoms with Gasteiger partial charge in [0.05, 0.1) is 11.1 Å². The van der Waals surface area contributed by atoms with Crippen LogP contribution < -0.4 is 0 Å². The molecule has 0 aromatic heterocycles. The second-order valence-electron chi connectivity index (χ2n) is 4.19. The topological polar surface area (TPSA) is 74.6 Å². The highest BCUT2D eigenvalue weighted by atomic mass is 16.4. The summed E-state index contributed by atoms with van der Waals surface area (Å²) in [5.41, 5.74) is 2.36. The lowest BCUT2D eigenvalue weighted by molar-refractivity contribution is 0.0685.